The molecule has 0 aromatic rings. The maximum Gasteiger partial charge on any atom is 0.334 e. The number of carbonyl (C=O) groups is 3. The minimum absolute atomic E-state index is 0.181. The quantitative estimate of drug-likeness (QED) is 0.411. The van der Waals surface area contributed by atoms with Crippen molar-refractivity contribution in [2.75, 3.05) is 20.7 Å². The van der Waals surface area contributed by atoms with E-state index in [-0.39, 0.29) is 18.1 Å². The fraction of sp³-hybridized carbons (Fsp3) is 0.667. The molecule has 0 aromatic heterocycles. The lowest BCUT2D eigenvalue weighted by atomic mass is 10.1. The molecule has 144 valence electrons. The van der Waals surface area contributed by atoms with Crippen LogP contribution in [0.25, 0.3) is 0 Å². The number of rotatable bonds is 11. The van der Waals surface area contributed by atoms with Gasteiger partial charge in [-0.05, 0) is 12.8 Å². The summed E-state index contributed by atoms with van der Waals surface area (Å²) in [6.07, 6.45) is 1.66. The van der Waals surface area contributed by atoms with Crippen molar-refractivity contribution in [1.82, 2.24) is 9.03 Å². The second-order valence-corrected chi connectivity index (χ2v) is 7.36. The van der Waals surface area contributed by atoms with Crippen molar-refractivity contribution in [3.63, 3.8) is 0 Å². The first-order valence-corrected chi connectivity index (χ1v) is 9.24. The Balaban J connectivity index is 4.37. The number of ether oxygens (including phenoxy) is 2. The SMILES string of the molecule is C=C(CC(=O)OC(CC)CCC)C(=O)OCC(=O)NS(=O)(=O)N(C)C. The van der Waals surface area contributed by atoms with E-state index < -0.39 is 34.7 Å². The zero-order chi connectivity index (χ0) is 19.6. The van der Waals surface area contributed by atoms with Crippen LogP contribution in [0.1, 0.15) is 39.5 Å². The van der Waals surface area contributed by atoms with E-state index in [4.69, 9.17) is 4.74 Å². The lowest BCUT2D eigenvalue weighted by Crippen LogP contribution is -2.41. The molecule has 1 unspecified atom stereocenters. The second kappa shape index (κ2) is 10.8. The maximum atomic E-state index is 11.7. The third-order valence-corrected chi connectivity index (χ3v) is 4.52. The summed E-state index contributed by atoms with van der Waals surface area (Å²) in [5.74, 6) is -2.61. The minimum atomic E-state index is -3.96. The molecule has 0 bridgehead atoms. The molecule has 0 saturated carbocycles. The molecule has 0 fully saturated rings. The maximum absolute atomic E-state index is 11.7. The van der Waals surface area contributed by atoms with Gasteiger partial charge < -0.3 is 9.47 Å². The summed E-state index contributed by atoms with van der Waals surface area (Å²) in [4.78, 5) is 34.9. The predicted molar refractivity (Wildman–Crippen MR) is 90.5 cm³/mol. The molecule has 0 saturated heterocycles. The number of esters is 2. The summed E-state index contributed by atoms with van der Waals surface area (Å²) < 4.78 is 35.2. The molecule has 1 N–H and O–H groups in total. The van der Waals surface area contributed by atoms with Crippen molar-refractivity contribution < 1.29 is 32.3 Å². The van der Waals surface area contributed by atoms with E-state index in [1.807, 2.05) is 13.8 Å². The first-order chi connectivity index (χ1) is 11.5. The van der Waals surface area contributed by atoms with Crippen molar-refractivity contribution in [3.05, 3.63) is 12.2 Å². The molecule has 25 heavy (non-hydrogen) atoms. The van der Waals surface area contributed by atoms with Crippen LogP contribution in [0.15, 0.2) is 12.2 Å². The molecule has 0 radical (unpaired) electrons. The molecule has 9 nitrogen and oxygen atoms in total. The third kappa shape index (κ3) is 9.20. The Hall–Kier alpha value is -1.94. The van der Waals surface area contributed by atoms with E-state index in [0.717, 1.165) is 17.1 Å². The lowest BCUT2D eigenvalue weighted by Gasteiger charge is -2.15. The van der Waals surface area contributed by atoms with Gasteiger partial charge in [0.25, 0.3) is 5.91 Å². The highest BCUT2D eigenvalue weighted by Crippen LogP contribution is 2.10. The molecule has 0 rings (SSSR count). The summed E-state index contributed by atoms with van der Waals surface area (Å²) in [6, 6.07) is 0. The van der Waals surface area contributed by atoms with Crippen LogP contribution >= 0.6 is 0 Å². The number of nitrogens with zero attached hydrogens (tertiary/aromatic N) is 1. The monoisotopic (exact) mass is 378 g/mol. The van der Waals surface area contributed by atoms with E-state index in [0.29, 0.717) is 6.42 Å². The topological polar surface area (TPSA) is 119 Å². The van der Waals surface area contributed by atoms with Gasteiger partial charge in [-0.1, -0.05) is 26.8 Å². The molecule has 1 atom stereocenters. The van der Waals surface area contributed by atoms with Crippen molar-refractivity contribution in [2.24, 2.45) is 0 Å². The molecular formula is C15H26N2O7S. The van der Waals surface area contributed by atoms with Crippen molar-refractivity contribution >= 4 is 28.1 Å². The van der Waals surface area contributed by atoms with Gasteiger partial charge in [-0.2, -0.15) is 12.7 Å². The van der Waals surface area contributed by atoms with Gasteiger partial charge in [0.05, 0.1) is 6.42 Å². The van der Waals surface area contributed by atoms with Gasteiger partial charge in [-0.3, -0.25) is 9.59 Å². The van der Waals surface area contributed by atoms with Crippen LogP contribution in [0.4, 0.5) is 0 Å². The van der Waals surface area contributed by atoms with Crippen LogP contribution in [-0.2, 0) is 34.1 Å². The summed E-state index contributed by atoms with van der Waals surface area (Å²) in [7, 11) is -1.49. The molecule has 0 heterocycles. The summed E-state index contributed by atoms with van der Waals surface area (Å²) >= 11 is 0. The standard InChI is InChI=1S/C15H26N2O7S/c1-6-8-12(7-2)24-14(19)9-11(3)15(20)23-10-13(18)16-25(21,22)17(4)5/h12H,3,6-10H2,1-2,4-5H3,(H,16,18). The second-order valence-electron chi connectivity index (χ2n) is 5.48. The Morgan fingerprint density at radius 2 is 1.80 bits per heavy atom. The highest BCUT2D eigenvalue weighted by atomic mass is 32.2. The van der Waals surface area contributed by atoms with Crippen molar-refractivity contribution in [2.45, 2.75) is 45.6 Å². The fourth-order valence-corrected chi connectivity index (χ4v) is 2.17. The average molecular weight is 378 g/mol. The van der Waals surface area contributed by atoms with E-state index >= 15 is 0 Å². The van der Waals surface area contributed by atoms with E-state index in [1.165, 1.54) is 14.1 Å². The Morgan fingerprint density at radius 1 is 1.20 bits per heavy atom. The van der Waals surface area contributed by atoms with E-state index in [9.17, 15) is 22.8 Å². The van der Waals surface area contributed by atoms with Crippen LogP contribution in [0.5, 0.6) is 0 Å². The summed E-state index contributed by atoms with van der Waals surface area (Å²) in [6.45, 7) is 6.46. The largest absolute Gasteiger partial charge is 0.462 e. The van der Waals surface area contributed by atoms with Crippen LogP contribution < -0.4 is 4.72 Å². The number of hydrogen-bond donors (Lipinski definition) is 1. The van der Waals surface area contributed by atoms with Gasteiger partial charge >= 0.3 is 22.1 Å². The van der Waals surface area contributed by atoms with Gasteiger partial charge in [0.1, 0.15) is 6.10 Å². The zero-order valence-electron chi connectivity index (χ0n) is 15.0. The van der Waals surface area contributed by atoms with Gasteiger partial charge in [0.15, 0.2) is 6.61 Å². The van der Waals surface area contributed by atoms with Crippen LogP contribution in [0.2, 0.25) is 0 Å². The molecule has 0 spiro atoms. The van der Waals surface area contributed by atoms with Crippen molar-refractivity contribution in [3.8, 4) is 0 Å². The molecule has 0 aliphatic carbocycles. The molecular weight excluding hydrogens is 352 g/mol. The Bertz CT molecular complexity index is 599. The minimum Gasteiger partial charge on any atom is -0.462 e. The van der Waals surface area contributed by atoms with Crippen molar-refractivity contribution in [1.29, 1.82) is 0 Å². The van der Waals surface area contributed by atoms with Gasteiger partial charge in [0, 0.05) is 19.7 Å². The first kappa shape index (κ1) is 23.1. The fourth-order valence-electron chi connectivity index (χ4n) is 1.64. The molecule has 10 heteroatoms. The van der Waals surface area contributed by atoms with E-state index in [2.05, 4.69) is 11.3 Å². The normalized spacial score (nSPS) is 12.4. The van der Waals surface area contributed by atoms with Gasteiger partial charge in [-0.15, -0.1) is 0 Å². The first-order valence-electron chi connectivity index (χ1n) is 7.80. The third-order valence-electron chi connectivity index (χ3n) is 3.07. The van der Waals surface area contributed by atoms with E-state index in [1.54, 1.807) is 4.72 Å². The Morgan fingerprint density at radius 3 is 2.28 bits per heavy atom. The molecule has 0 aliphatic heterocycles. The summed E-state index contributed by atoms with van der Waals surface area (Å²) in [5, 5.41) is 0. The average Bonchev–Trinajstić information content (AvgIpc) is 2.51. The number of nitrogens with one attached hydrogen (secondary N) is 1. The van der Waals surface area contributed by atoms with Gasteiger partial charge in [-0.25, -0.2) is 9.52 Å². The van der Waals surface area contributed by atoms with Crippen LogP contribution in [0, 0.1) is 0 Å². The molecule has 0 aromatic carbocycles. The lowest BCUT2D eigenvalue weighted by molar-refractivity contribution is -0.151. The number of hydrogen-bond acceptors (Lipinski definition) is 7. The van der Waals surface area contributed by atoms with Crippen LogP contribution in [0.3, 0.4) is 0 Å². The summed E-state index contributed by atoms with van der Waals surface area (Å²) in [5.41, 5.74) is -0.181. The van der Waals surface area contributed by atoms with Crippen LogP contribution in [-0.4, -0.2) is 57.4 Å². The smallest absolute Gasteiger partial charge is 0.334 e. The molecule has 0 aliphatic rings. The number of carbonyl (C=O) groups excluding carboxylic acids is 3. The van der Waals surface area contributed by atoms with Gasteiger partial charge in [0.2, 0.25) is 0 Å². The zero-order valence-corrected chi connectivity index (χ0v) is 15.8. The molecule has 1 amide bonds. The number of amides is 1. The highest BCUT2D eigenvalue weighted by Gasteiger charge is 2.20. The predicted octanol–water partition coefficient (Wildman–Crippen LogP) is 0.520. The Labute approximate surface area is 148 Å². The Kier molecular flexibility index (Phi) is 9.99. The highest BCUT2D eigenvalue weighted by molar-refractivity contribution is 7.87.